The fraction of sp³-hybridized carbons (Fsp3) is 0.571. The fourth-order valence-corrected chi connectivity index (χ4v) is 5.42. The van der Waals surface area contributed by atoms with Crippen LogP contribution in [-0.2, 0) is 15.9 Å². The molecule has 0 aliphatic carbocycles. The summed E-state index contributed by atoms with van der Waals surface area (Å²) >= 11 is 8.91. The Labute approximate surface area is 138 Å². The number of nitrogens with zero attached hydrogens (tertiary/aromatic N) is 1. The van der Waals surface area contributed by atoms with Crippen LogP contribution in [0.3, 0.4) is 0 Å². The Morgan fingerprint density at radius 3 is 2.67 bits per heavy atom. The molecule has 0 spiro atoms. The summed E-state index contributed by atoms with van der Waals surface area (Å²) in [5, 5.41) is 0. The molecule has 1 aliphatic rings. The Hall–Kier alpha value is -0.170. The molecule has 0 aromatic heterocycles. The standard InChI is InChI=1S/C14H18BrClFNO2S/c1-9-3-4-18(10(2)5-9)21(19,20)13-7-12(15)6-11(8-16)14(13)17/h6-7,9-10H,3-5,8H2,1-2H3. The van der Waals surface area contributed by atoms with Gasteiger partial charge in [-0.3, -0.25) is 0 Å². The van der Waals surface area contributed by atoms with Crippen molar-refractivity contribution in [2.24, 2.45) is 5.92 Å². The van der Waals surface area contributed by atoms with E-state index in [4.69, 9.17) is 11.6 Å². The Morgan fingerprint density at radius 2 is 2.10 bits per heavy atom. The number of sulfonamides is 1. The van der Waals surface area contributed by atoms with Crippen LogP contribution >= 0.6 is 27.5 Å². The minimum Gasteiger partial charge on any atom is -0.207 e. The predicted octanol–water partition coefficient (Wildman–Crippen LogP) is 4.14. The average Bonchev–Trinajstić information content (AvgIpc) is 2.40. The SMILES string of the molecule is CC1CCN(S(=O)(=O)c2cc(Br)cc(CCl)c2F)C(C)C1. The summed E-state index contributed by atoms with van der Waals surface area (Å²) in [5.41, 5.74) is 0.183. The van der Waals surface area contributed by atoms with Gasteiger partial charge in [0.25, 0.3) is 0 Å². The van der Waals surface area contributed by atoms with E-state index in [1.165, 1.54) is 16.4 Å². The molecule has 3 nitrogen and oxygen atoms in total. The molecule has 2 unspecified atom stereocenters. The Bertz CT molecular complexity index is 638. The minimum absolute atomic E-state index is 0.0691. The van der Waals surface area contributed by atoms with Gasteiger partial charge in [-0.25, -0.2) is 12.8 Å². The van der Waals surface area contributed by atoms with Gasteiger partial charge < -0.3 is 0 Å². The molecule has 1 aromatic rings. The van der Waals surface area contributed by atoms with E-state index in [0.29, 0.717) is 16.9 Å². The smallest absolute Gasteiger partial charge is 0.207 e. The normalized spacial score (nSPS) is 24.2. The molecule has 0 bridgehead atoms. The van der Waals surface area contributed by atoms with E-state index in [0.717, 1.165) is 12.8 Å². The number of alkyl halides is 1. The van der Waals surface area contributed by atoms with Gasteiger partial charge in [0.1, 0.15) is 10.7 Å². The maximum Gasteiger partial charge on any atom is 0.246 e. The first-order chi connectivity index (χ1) is 9.77. The summed E-state index contributed by atoms with van der Waals surface area (Å²) in [7, 11) is -3.85. The predicted molar refractivity (Wildman–Crippen MR) is 85.4 cm³/mol. The van der Waals surface area contributed by atoms with Crippen molar-refractivity contribution in [3.63, 3.8) is 0 Å². The van der Waals surface area contributed by atoms with Gasteiger partial charge in [0.2, 0.25) is 10.0 Å². The van der Waals surface area contributed by atoms with Crippen molar-refractivity contribution >= 4 is 37.6 Å². The molecule has 2 atom stereocenters. The molecule has 1 heterocycles. The van der Waals surface area contributed by atoms with Crippen LogP contribution < -0.4 is 0 Å². The van der Waals surface area contributed by atoms with Crippen molar-refractivity contribution in [3.05, 3.63) is 28.0 Å². The number of halogens is 3. The van der Waals surface area contributed by atoms with Crippen LogP contribution in [-0.4, -0.2) is 25.3 Å². The second-order valence-electron chi connectivity index (χ2n) is 5.60. The highest BCUT2D eigenvalue weighted by Crippen LogP contribution is 2.32. The second kappa shape index (κ2) is 6.52. The fourth-order valence-electron chi connectivity index (χ4n) is 2.77. The summed E-state index contributed by atoms with van der Waals surface area (Å²) in [4.78, 5) is -0.297. The van der Waals surface area contributed by atoms with Crippen LogP contribution in [0.15, 0.2) is 21.5 Å². The lowest BCUT2D eigenvalue weighted by Crippen LogP contribution is -2.44. The quantitative estimate of drug-likeness (QED) is 0.718. The monoisotopic (exact) mass is 397 g/mol. The highest BCUT2D eigenvalue weighted by atomic mass is 79.9. The maximum absolute atomic E-state index is 14.4. The van der Waals surface area contributed by atoms with Crippen molar-refractivity contribution in [1.82, 2.24) is 4.31 Å². The van der Waals surface area contributed by atoms with Gasteiger partial charge in [-0.2, -0.15) is 4.31 Å². The van der Waals surface area contributed by atoms with Crippen LogP contribution in [0.1, 0.15) is 32.3 Å². The van der Waals surface area contributed by atoms with Crippen molar-refractivity contribution in [2.75, 3.05) is 6.54 Å². The third-order valence-corrected chi connectivity index (χ3v) is 6.65. The van der Waals surface area contributed by atoms with Crippen molar-refractivity contribution in [1.29, 1.82) is 0 Å². The number of rotatable bonds is 3. The van der Waals surface area contributed by atoms with Gasteiger partial charge in [0.05, 0.1) is 5.88 Å². The van der Waals surface area contributed by atoms with Crippen LogP contribution in [0.4, 0.5) is 4.39 Å². The largest absolute Gasteiger partial charge is 0.246 e. The number of hydrogen-bond acceptors (Lipinski definition) is 2. The van der Waals surface area contributed by atoms with Gasteiger partial charge in [-0.1, -0.05) is 22.9 Å². The molecule has 1 aromatic carbocycles. The topological polar surface area (TPSA) is 37.4 Å². The summed E-state index contributed by atoms with van der Waals surface area (Å²) < 4.78 is 41.8. The minimum atomic E-state index is -3.85. The maximum atomic E-state index is 14.4. The summed E-state index contributed by atoms with van der Waals surface area (Å²) in [6, 6.07) is 2.69. The highest BCUT2D eigenvalue weighted by molar-refractivity contribution is 9.10. The zero-order chi connectivity index (χ0) is 15.8. The van der Waals surface area contributed by atoms with E-state index in [-0.39, 0.29) is 22.4 Å². The Kier molecular flexibility index (Phi) is 5.34. The van der Waals surface area contributed by atoms with Crippen molar-refractivity contribution < 1.29 is 12.8 Å². The van der Waals surface area contributed by atoms with E-state index in [9.17, 15) is 12.8 Å². The molecule has 118 valence electrons. The van der Waals surface area contributed by atoms with Crippen LogP contribution in [0.25, 0.3) is 0 Å². The molecule has 1 aliphatic heterocycles. The molecule has 2 rings (SSSR count). The number of benzene rings is 1. The molecular formula is C14H18BrClFNO2S. The molecule has 1 saturated heterocycles. The first kappa shape index (κ1) is 17.2. The first-order valence-corrected chi connectivity index (χ1v) is 9.59. The second-order valence-corrected chi connectivity index (χ2v) is 8.65. The van der Waals surface area contributed by atoms with E-state index >= 15 is 0 Å². The Balaban J connectivity index is 2.47. The lowest BCUT2D eigenvalue weighted by molar-refractivity contribution is 0.219. The highest BCUT2D eigenvalue weighted by Gasteiger charge is 2.35. The van der Waals surface area contributed by atoms with Crippen LogP contribution in [0.5, 0.6) is 0 Å². The molecule has 0 amide bonds. The summed E-state index contributed by atoms with van der Waals surface area (Å²) in [6.07, 6.45) is 1.58. The van der Waals surface area contributed by atoms with E-state index in [2.05, 4.69) is 22.9 Å². The van der Waals surface area contributed by atoms with E-state index < -0.39 is 15.8 Å². The first-order valence-electron chi connectivity index (χ1n) is 6.83. The molecule has 0 saturated carbocycles. The molecule has 21 heavy (non-hydrogen) atoms. The van der Waals surface area contributed by atoms with E-state index in [1.807, 2.05) is 6.92 Å². The van der Waals surface area contributed by atoms with Crippen molar-refractivity contribution in [2.45, 2.75) is 43.5 Å². The van der Waals surface area contributed by atoms with Crippen LogP contribution in [0.2, 0.25) is 0 Å². The van der Waals surface area contributed by atoms with Gasteiger partial charge in [-0.15, -0.1) is 11.6 Å². The molecule has 0 N–H and O–H groups in total. The lowest BCUT2D eigenvalue weighted by Gasteiger charge is -2.35. The number of piperidine rings is 1. The average molecular weight is 399 g/mol. The summed E-state index contributed by atoms with van der Waals surface area (Å²) in [6.45, 7) is 4.39. The van der Waals surface area contributed by atoms with Gasteiger partial charge in [-0.05, 0) is 37.8 Å². The van der Waals surface area contributed by atoms with Crippen LogP contribution in [0, 0.1) is 11.7 Å². The number of hydrogen-bond donors (Lipinski definition) is 0. The summed E-state index contributed by atoms with van der Waals surface area (Å²) in [5.74, 6) is -0.336. The van der Waals surface area contributed by atoms with Crippen molar-refractivity contribution in [3.8, 4) is 0 Å². The third kappa shape index (κ3) is 3.44. The zero-order valence-corrected chi connectivity index (χ0v) is 15.1. The zero-order valence-electron chi connectivity index (χ0n) is 11.9. The van der Waals surface area contributed by atoms with Gasteiger partial charge in [0, 0.05) is 22.6 Å². The van der Waals surface area contributed by atoms with Gasteiger partial charge in [0.15, 0.2) is 0 Å². The van der Waals surface area contributed by atoms with E-state index in [1.54, 1.807) is 0 Å². The molecule has 0 radical (unpaired) electrons. The molecule has 1 fully saturated rings. The molecule has 7 heteroatoms. The van der Waals surface area contributed by atoms with Gasteiger partial charge >= 0.3 is 0 Å². The Morgan fingerprint density at radius 1 is 1.43 bits per heavy atom. The third-order valence-electron chi connectivity index (χ3n) is 3.89. The lowest BCUT2D eigenvalue weighted by atomic mass is 9.95. The molecular weight excluding hydrogens is 381 g/mol.